The van der Waals surface area contributed by atoms with Gasteiger partial charge in [0.1, 0.15) is 5.56 Å². The lowest BCUT2D eigenvalue weighted by atomic mass is 9.99. The molecule has 0 radical (unpaired) electrons. The van der Waals surface area contributed by atoms with E-state index in [2.05, 4.69) is 31.1 Å². The van der Waals surface area contributed by atoms with Crippen LogP contribution in [-0.4, -0.2) is 38.2 Å². The van der Waals surface area contributed by atoms with E-state index in [9.17, 15) is 4.79 Å². The van der Waals surface area contributed by atoms with Crippen LogP contribution >= 0.6 is 0 Å². The van der Waals surface area contributed by atoms with Gasteiger partial charge in [-0.15, -0.1) is 0 Å². The molecule has 3 aromatic rings. The molecule has 1 aromatic carbocycles. The minimum atomic E-state index is 0.0685. The Morgan fingerprint density at radius 3 is 2.38 bits per heavy atom. The number of hydrogen-bond acceptors (Lipinski definition) is 2. The Hall–Kier alpha value is -2.82. The van der Waals surface area contributed by atoms with Crippen molar-refractivity contribution in [3.8, 4) is 11.5 Å². The third-order valence-electron chi connectivity index (χ3n) is 5.17. The van der Waals surface area contributed by atoms with Crippen molar-refractivity contribution in [1.82, 2.24) is 19.2 Å². The van der Waals surface area contributed by atoms with Crippen LogP contribution in [0.15, 0.2) is 55.0 Å². The first kappa shape index (κ1) is 16.6. The van der Waals surface area contributed by atoms with Gasteiger partial charge >= 0.3 is 0 Å². The normalized spacial score (nSPS) is 15.4. The third-order valence-corrected chi connectivity index (χ3v) is 5.17. The van der Waals surface area contributed by atoms with Gasteiger partial charge in [0.2, 0.25) is 0 Å². The number of hydrogen-bond donors (Lipinski definition) is 0. The van der Waals surface area contributed by atoms with Crippen molar-refractivity contribution in [1.29, 1.82) is 0 Å². The summed E-state index contributed by atoms with van der Waals surface area (Å²) in [6, 6.07) is 12.1. The van der Waals surface area contributed by atoms with E-state index in [-0.39, 0.29) is 5.91 Å². The number of aryl methyl sites for hydroxylation is 1. The van der Waals surface area contributed by atoms with E-state index in [1.807, 2.05) is 50.8 Å². The number of aromatic nitrogens is 3. The second-order valence-corrected chi connectivity index (χ2v) is 7.19. The molecule has 0 unspecified atom stereocenters. The molecule has 1 aliphatic rings. The smallest absolute Gasteiger partial charge is 0.259 e. The number of carbonyl (C=O) groups excluding carboxylic acids is 1. The highest BCUT2D eigenvalue weighted by Crippen LogP contribution is 2.24. The van der Waals surface area contributed by atoms with Crippen LogP contribution in [0.3, 0.4) is 0 Å². The van der Waals surface area contributed by atoms with Gasteiger partial charge in [-0.1, -0.05) is 24.6 Å². The minimum absolute atomic E-state index is 0.0685. The van der Waals surface area contributed by atoms with Gasteiger partial charge in [-0.3, -0.25) is 4.79 Å². The summed E-state index contributed by atoms with van der Waals surface area (Å²) in [7, 11) is 0. The van der Waals surface area contributed by atoms with E-state index in [1.165, 1.54) is 5.56 Å². The fourth-order valence-electron chi connectivity index (χ4n) is 3.47. The van der Waals surface area contributed by atoms with Gasteiger partial charge in [0.05, 0.1) is 11.9 Å². The van der Waals surface area contributed by atoms with E-state index >= 15 is 0 Å². The monoisotopic (exact) mass is 348 g/mol. The molecule has 0 aliphatic carbocycles. The quantitative estimate of drug-likeness (QED) is 0.722. The molecule has 3 heterocycles. The van der Waals surface area contributed by atoms with E-state index in [4.69, 9.17) is 0 Å². The molecule has 0 atom stereocenters. The number of nitrogens with zero attached hydrogens (tertiary/aromatic N) is 4. The van der Waals surface area contributed by atoms with Crippen LogP contribution in [0.2, 0.25) is 0 Å². The van der Waals surface area contributed by atoms with Crippen LogP contribution in [0.1, 0.15) is 35.7 Å². The highest BCUT2D eigenvalue weighted by Gasteiger charge is 2.26. The molecule has 5 nitrogen and oxygen atoms in total. The molecular weight excluding hydrogens is 324 g/mol. The number of likely N-dealkylation sites (tertiary alicyclic amines) is 1. The fraction of sp³-hybridized carbons (Fsp3) is 0.333. The van der Waals surface area contributed by atoms with Crippen molar-refractivity contribution in [2.24, 2.45) is 5.92 Å². The van der Waals surface area contributed by atoms with E-state index < -0.39 is 0 Å². The molecule has 1 amide bonds. The molecule has 1 saturated heterocycles. The zero-order chi connectivity index (χ0) is 18.1. The van der Waals surface area contributed by atoms with Crippen LogP contribution in [0.5, 0.6) is 0 Å². The largest absolute Gasteiger partial charge is 0.338 e. The molecule has 26 heavy (non-hydrogen) atoms. The van der Waals surface area contributed by atoms with Gasteiger partial charge in [-0.2, -0.15) is 5.10 Å². The maximum Gasteiger partial charge on any atom is 0.259 e. The van der Waals surface area contributed by atoms with Gasteiger partial charge in [0.15, 0.2) is 5.82 Å². The number of amides is 1. The predicted molar refractivity (Wildman–Crippen MR) is 102 cm³/mol. The summed E-state index contributed by atoms with van der Waals surface area (Å²) in [5.74, 6) is 1.56. The molecule has 1 aliphatic heterocycles. The molecule has 0 spiro atoms. The van der Waals surface area contributed by atoms with Gasteiger partial charge in [-0.25, -0.2) is 4.68 Å². The van der Waals surface area contributed by atoms with Crippen molar-refractivity contribution >= 4 is 5.91 Å². The molecule has 0 saturated carbocycles. The first-order valence-electron chi connectivity index (χ1n) is 9.21. The topological polar surface area (TPSA) is 43.1 Å². The molecule has 0 bridgehead atoms. The SMILES string of the molecule is Cc1ccc(-n2ncc(C(=O)N3CCC(C)CC3)c2-n2cccc2)cc1. The zero-order valence-electron chi connectivity index (χ0n) is 15.3. The lowest BCUT2D eigenvalue weighted by Crippen LogP contribution is -2.38. The van der Waals surface area contributed by atoms with Crippen molar-refractivity contribution < 1.29 is 4.79 Å². The maximum atomic E-state index is 13.2. The van der Waals surface area contributed by atoms with Gasteiger partial charge in [-0.05, 0) is 49.9 Å². The number of benzene rings is 1. The van der Waals surface area contributed by atoms with Crippen LogP contribution in [-0.2, 0) is 0 Å². The van der Waals surface area contributed by atoms with Crippen LogP contribution < -0.4 is 0 Å². The number of rotatable bonds is 3. The number of carbonyl (C=O) groups is 1. The Morgan fingerprint density at radius 1 is 1.08 bits per heavy atom. The summed E-state index contributed by atoms with van der Waals surface area (Å²) in [4.78, 5) is 15.1. The Labute approximate surface area is 153 Å². The van der Waals surface area contributed by atoms with Crippen molar-refractivity contribution in [2.75, 3.05) is 13.1 Å². The highest BCUT2D eigenvalue weighted by atomic mass is 16.2. The fourth-order valence-corrected chi connectivity index (χ4v) is 3.47. The molecular formula is C21H24N4O. The summed E-state index contributed by atoms with van der Waals surface area (Å²) in [6.07, 6.45) is 7.75. The molecule has 0 N–H and O–H groups in total. The van der Waals surface area contributed by atoms with Crippen LogP contribution in [0, 0.1) is 12.8 Å². The molecule has 2 aromatic heterocycles. The van der Waals surface area contributed by atoms with Gasteiger partial charge < -0.3 is 9.47 Å². The summed E-state index contributed by atoms with van der Waals surface area (Å²) >= 11 is 0. The lowest BCUT2D eigenvalue weighted by molar-refractivity contribution is 0.0697. The molecule has 4 rings (SSSR count). The molecule has 5 heteroatoms. The van der Waals surface area contributed by atoms with E-state index in [0.29, 0.717) is 11.5 Å². The highest BCUT2D eigenvalue weighted by molar-refractivity contribution is 5.97. The van der Waals surface area contributed by atoms with E-state index in [0.717, 1.165) is 37.4 Å². The third kappa shape index (κ3) is 3.05. The van der Waals surface area contributed by atoms with E-state index in [1.54, 1.807) is 6.20 Å². The standard InChI is InChI=1S/C21H24N4O/c1-16-5-7-18(8-6-16)25-20(23-11-3-4-12-23)19(15-22-25)21(26)24-13-9-17(2)10-14-24/h3-8,11-12,15,17H,9-10,13-14H2,1-2H3. The first-order valence-corrected chi connectivity index (χ1v) is 9.21. The summed E-state index contributed by atoms with van der Waals surface area (Å²) in [6.45, 7) is 5.95. The van der Waals surface area contributed by atoms with Crippen molar-refractivity contribution in [3.63, 3.8) is 0 Å². The Balaban J connectivity index is 1.76. The summed E-state index contributed by atoms with van der Waals surface area (Å²) in [5.41, 5.74) is 2.80. The second-order valence-electron chi connectivity index (χ2n) is 7.19. The minimum Gasteiger partial charge on any atom is -0.338 e. The van der Waals surface area contributed by atoms with Crippen LogP contribution in [0.4, 0.5) is 0 Å². The Morgan fingerprint density at radius 2 is 1.73 bits per heavy atom. The molecule has 134 valence electrons. The Bertz CT molecular complexity index is 885. The van der Waals surface area contributed by atoms with Gasteiger partial charge in [0, 0.05) is 25.5 Å². The van der Waals surface area contributed by atoms with Crippen molar-refractivity contribution in [3.05, 3.63) is 66.1 Å². The molecule has 1 fully saturated rings. The van der Waals surface area contributed by atoms with Crippen molar-refractivity contribution in [2.45, 2.75) is 26.7 Å². The maximum absolute atomic E-state index is 13.2. The summed E-state index contributed by atoms with van der Waals surface area (Å²) < 4.78 is 3.81. The lowest BCUT2D eigenvalue weighted by Gasteiger charge is -2.30. The van der Waals surface area contributed by atoms with Crippen LogP contribution in [0.25, 0.3) is 11.5 Å². The average molecular weight is 348 g/mol. The Kier molecular flexibility index (Phi) is 4.37. The average Bonchev–Trinajstić information content (AvgIpc) is 3.32. The van der Waals surface area contributed by atoms with Gasteiger partial charge in [0.25, 0.3) is 5.91 Å². The first-order chi connectivity index (χ1) is 12.6. The summed E-state index contributed by atoms with van der Waals surface area (Å²) in [5, 5.41) is 4.55. The second kappa shape index (κ2) is 6.83. The zero-order valence-corrected chi connectivity index (χ0v) is 15.3. The predicted octanol–water partition coefficient (Wildman–Crippen LogP) is 3.84. The number of piperidine rings is 1.